The summed E-state index contributed by atoms with van der Waals surface area (Å²) in [5, 5.41) is 6.60. The van der Waals surface area contributed by atoms with Gasteiger partial charge in [-0.05, 0) is 24.1 Å². The normalized spacial score (nSPS) is 12.6. The Labute approximate surface area is 108 Å². The molecule has 0 saturated carbocycles. The number of hydrazine groups is 1. The summed E-state index contributed by atoms with van der Waals surface area (Å²) in [5.74, 6) is 6.10. The van der Waals surface area contributed by atoms with Crippen molar-refractivity contribution in [1.29, 1.82) is 0 Å². The number of benzene rings is 1. The summed E-state index contributed by atoms with van der Waals surface area (Å²) in [4.78, 5) is 0. The Kier molecular flexibility index (Phi) is 3.78. The van der Waals surface area contributed by atoms with Gasteiger partial charge >= 0.3 is 0 Å². The van der Waals surface area contributed by atoms with Gasteiger partial charge in [0.15, 0.2) is 0 Å². The van der Waals surface area contributed by atoms with Crippen molar-refractivity contribution in [2.24, 2.45) is 5.84 Å². The zero-order valence-corrected chi connectivity index (χ0v) is 10.7. The second-order valence-corrected chi connectivity index (χ2v) is 4.71. The van der Waals surface area contributed by atoms with Crippen LogP contribution in [0, 0.1) is 0 Å². The van der Waals surface area contributed by atoms with Crippen molar-refractivity contribution in [2.45, 2.75) is 12.5 Å². The highest BCUT2D eigenvalue weighted by atomic mass is 79.9. The summed E-state index contributed by atoms with van der Waals surface area (Å²) >= 11 is 3.44. The topological polar surface area (TPSA) is 92.7 Å². The number of rotatable bonds is 4. The third-order valence-corrected chi connectivity index (χ3v) is 3.10. The van der Waals surface area contributed by atoms with Crippen LogP contribution in [0.3, 0.4) is 0 Å². The van der Waals surface area contributed by atoms with Gasteiger partial charge in [-0.25, -0.2) is 0 Å². The average Bonchev–Trinajstić information content (AvgIpc) is 2.72. The molecule has 17 heavy (non-hydrogen) atoms. The van der Waals surface area contributed by atoms with Crippen LogP contribution in [0.1, 0.15) is 17.2 Å². The highest BCUT2D eigenvalue weighted by molar-refractivity contribution is 9.10. The molecule has 2 rings (SSSR count). The van der Waals surface area contributed by atoms with Crippen molar-refractivity contribution < 1.29 is 0 Å². The lowest BCUT2D eigenvalue weighted by Crippen LogP contribution is -2.29. The quantitative estimate of drug-likeness (QED) is 0.508. The maximum atomic E-state index is 5.78. The Morgan fingerprint density at radius 2 is 2.29 bits per heavy atom. The van der Waals surface area contributed by atoms with Crippen LogP contribution >= 0.6 is 15.9 Å². The van der Waals surface area contributed by atoms with E-state index in [4.69, 9.17) is 11.6 Å². The van der Waals surface area contributed by atoms with Gasteiger partial charge in [-0.15, -0.1) is 0 Å². The van der Waals surface area contributed by atoms with E-state index in [9.17, 15) is 0 Å². The minimum Gasteiger partial charge on any atom is -0.384 e. The van der Waals surface area contributed by atoms with Gasteiger partial charge < -0.3 is 5.73 Å². The number of hydrogen-bond donors (Lipinski definition) is 4. The van der Waals surface area contributed by atoms with Crippen molar-refractivity contribution in [3.8, 4) is 0 Å². The Morgan fingerprint density at radius 1 is 1.47 bits per heavy atom. The van der Waals surface area contributed by atoms with Crippen LogP contribution in [-0.4, -0.2) is 10.2 Å². The Balaban J connectivity index is 2.19. The molecule has 0 amide bonds. The summed E-state index contributed by atoms with van der Waals surface area (Å²) in [5.41, 5.74) is 10.6. The fourth-order valence-corrected chi connectivity index (χ4v) is 2.19. The third kappa shape index (κ3) is 2.85. The summed E-state index contributed by atoms with van der Waals surface area (Å²) < 4.78 is 1.05. The average molecular weight is 296 g/mol. The Morgan fingerprint density at radius 3 is 2.88 bits per heavy atom. The Hall–Kier alpha value is -1.37. The zero-order chi connectivity index (χ0) is 12.3. The minimum absolute atomic E-state index is 0.0527. The highest BCUT2D eigenvalue weighted by Crippen LogP contribution is 2.22. The van der Waals surface area contributed by atoms with Gasteiger partial charge in [0.2, 0.25) is 0 Å². The van der Waals surface area contributed by atoms with Crippen LogP contribution in [0.2, 0.25) is 0 Å². The fraction of sp³-hybridized carbons (Fsp3) is 0.182. The summed E-state index contributed by atoms with van der Waals surface area (Å²) in [6, 6.07) is 8.03. The molecule has 0 aliphatic rings. The van der Waals surface area contributed by atoms with Gasteiger partial charge in [-0.2, -0.15) is 5.10 Å². The van der Waals surface area contributed by atoms with Gasteiger partial charge in [-0.1, -0.05) is 28.1 Å². The SMILES string of the molecule is NNC(Cc1cccc(Br)c1)c1cn[nH]c1N. The number of nitrogens with zero attached hydrogens (tertiary/aromatic N) is 1. The zero-order valence-electron chi connectivity index (χ0n) is 9.15. The van der Waals surface area contributed by atoms with Gasteiger partial charge in [0.05, 0.1) is 12.2 Å². The maximum Gasteiger partial charge on any atom is 0.123 e. The lowest BCUT2D eigenvalue weighted by atomic mass is 10.0. The number of anilines is 1. The number of H-pyrrole nitrogens is 1. The molecule has 0 spiro atoms. The standard InChI is InChI=1S/C11H14BrN5/c12-8-3-1-2-7(4-8)5-10(16-14)9-6-15-17-11(9)13/h1-4,6,10,16H,5,14H2,(H3,13,15,17). The van der Waals surface area contributed by atoms with Crippen LogP contribution in [0.15, 0.2) is 34.9 Å². The number of aromatic amines is 1. The van der Waals surface area contributed by atoms with E-state index in [-0.39, 0.29) is 6.04 Å². The van der Waals surface area contributed by atoms with Crippen molar-refractivity contribution in [2.75, 3.05) is 5.73 Å². The number of aromatic nitrogens is 2. The van der Waals surface area contributed by atoms with E-state index in [1.165, 1.54) is 5.56 Å². The fourth-order valence-electron chi connectivity index (χ4n) is 1.74. The summed E-state index contributed by atoms with van der Waals surface area (Å²) in [6.45, 7) is 0. The first-order chi connectivity index (χ1) is 8.20. The Bertz CT molecular complexity index is 496. The van der Waals surface area contributed by atoms with E-state index in [1.807, 2.05) is 18.2 Å². The molecule has 0 saturated heterocycles. The molecule has 0 aliphatic carbocycles. The first-order valence-corrected chi connectivity index (χ1v) is 5.99. The molecule has 1 atom stereocenters. The van der Waals surface area contributed by atoms with Crippen molar-refractivity contribution in [3.05, 3.63) is 46.1 Å². The van der Waals surface area contributed by atoms with E-state index in [0.29, 0.717) is 5.82 Å². The molecule has 5 nitrogen and oxygen atoms in total. The molecule has 2 aromatic rings. The molecular formula is C11H14BrN5. The first-order valence-electron chi connectivity index (χ1n) is 5.20. The number of hydrogen-bond acceptors (Lipinski definition) is 4. The van der Waals surface area contributed by atoms with Crippen LogP contribution in [-0.2, 0) is 6.42 Å². The molecule has 1 aromatic heterocycles. The lowest BCUT2D eigenvalue weighted by Gasteiger charge is -2.15. The third-order valence-electron chi connectivity index (χ3n) is 2.61. The van der Waals surface area contributed by atoms with Crippen molar-refractivity contribution in [1.82, 2.24) is 15.6 Å². The molecule has 1 heterocycles. The van der Waals surface area contributed by atoms with Crippen LogP contribution in [0.4, 0.5) is 5.82 Å². The molecule has 1 unspecified atom stereocenters. The van der Waals surface area contributed by atoms with Crippen LogP contribution in [0.5, 0.6) is 0 Å². The molecule has 0 aliphatic heterocycles. The van der Waals surface area contributed by atoms with E-state index < -0.39 is 0 Å². The summed E-state index contributed by atoms with van der Waals surface area (Å²) in [7, 11) is 0. The predicted octanol–water partition coefficient (Wildman–Crippen LogP) is 1.50. The monoisotopic (exact) mass is 295 g/mol. The molecule has 1 aromatic carbocycles. The van der Waals surface area contributed by atoms with Gasteiger partial charge in [-0.3, -0.25) is 16.4 Å². The molecule has 0 bridgehead atoms. The second-order valence-electron chi connectivity index (χ2n) is 3.79. The molecule has 0 fully saturated rings. The summed E-state index contributed by atoms with van der Waals surface area (Å²) in [6.07, 6.45) is 2.44. The molecule has 0 radical (unpaired) electrons. The smallest absolute Gasteiger partial charge is 0.123 e. The van der Waals surface area contributed by atoms with Crippen molar-refractivity contribution >= 4 is 21.7 Å². The molecule has 90 valence electrons. The van der Waals surface area contributed by atoms with Crippen LogP contribution in [0.25, 0.3) is 0 Å². The number of nitrogens with two attached hydrogens (primary N) is 2. The predicted molar refractivity (Wildman–Crippen MR) is 70.9 cm³/mol. The van der Waals surface area contributed by atoms with Crippen LogP contribution < -0.4 is 17.0 Å². The second kappa shape index (κ2) is 5.31. The highest BCUT2D eigenvalue weighted by Gasteiger charge is 2.15. The van der Waals surface area contributed by atoms with Crippen molar-refractivity contribution in [3.63, 3.8) is 0 Å². The maximum absolute atomic E-state index is 5.78. The van der Waals surface area contributed by atoms with E-state index in [2.05, 4.69) is 37.6 Å². The van der Waals surface area contributed by atoms with E-state index >= 15 is 0 Å². The minimum atomic E-state index is -0.0527. The largest absolute Gasteiger partial charge is 0.384 e. The molecular weight excluding hydrogens is 282 g/mol. The number of halogens is 1. The number of nitrogen functional groups attached to an aromatic ring is 1. The first kappa shape index (κ1) is 12.1. The lowest BCUT2D eigenvalue weighted by molar-refractivity contribution is 0.553. The van der Waals surface area contributed by atoms with E-state index in [1.54, 1.807) is 6.20 Å². The van der Waals surface area contributed by atoms with Gasteiger partial charge in [0, 0.05) is 10.0 Å². The molecule has 6 N–H and O–H groups in total. The van der Waals surface area contributed by atoms with E-state index in [0.717, 1.165) is 16.5 Å². The number of nitrogens with one attached hydrogen (secondary N) is 2. The molecule has 6 heteroatoms. The van der Waals surface area contributed by atoms with Gasteiger partial charge in [0.25, 0.3) is 0 Å². The van der Waals surface area contributed by atoms with Gasteiger partial charge in [0.1, 0.15) is 5.82 Å².